The quantitative estimate of drug-likeness (QED) is 0.741. The molecule has 0 atom stereocenters. The predicted octanol–water partition coefficient (Wildman–Crippen LogP) is 1.47. The van der Waals surface area contributed by atoms with Crippen molar-refractivity contribution in [2.45, 2.75) is 0 Å². The third-order valence-corrected chi connectivity index (χ3v) is 1.68. The predicted molar refractivity (Wildman–Crippen MR) is 47.4 cm³/mol. The Morgan fingerprint density at radius 2 is 1.92 bits per heavy atom. The lowest BCUT2D eigenvalue weighted by Crippen LogP contribution is -2.29. The summed E-state index contributed by atoms with van der Waals surface area (Å²) in [6, 6.07) is 5.15. The molecule has 0 saturated carbocycles. The van der Waals surface area contributed by atoms with Gasteiger partial charge in [-0.05, 0) is 12.1 Å². The fraction of sp³-hybridized carbons (Fsp3) is 0. The van der Waals surface area contributed by atoms with Gasteiger partial charge in [0.05, 0.1) is 10.6 Å². The topological polar surface area (TPSA) is 70.0 Å². The van der Waals surface area contributed by atoms with Crippen LogP contribution in [-0.2, 0) is 0 Å². The molecule has 0 bridgehead atoms. The van der Waals surface area contributed by atoms with Crippen molar-refractivity contribution in [2.75, 3.05) is 0 Å². The number of benzene rings is 1. The molecule has 0 aliphatic heterocycles. The molecule has 0 aliphatic carbocycles. The third-order valence-electron chi connectivity index (χ3n) is 1.35. The smallest absolute Gasteiger partial charge is 0.273 e. The Balaban J connectivity index is 2.89. The first-order chi connectivity index (χ1) is 6.11. The van der Waals surface area contributed by atoms with Crippen molar-refractivity contribution in [1.29, 1.82) is 0 Å². The van der Waals surface area contributed by atoms with Gasteiger partial charge in [0, 0.05) is 0 Å². The standard InChI is InChI=1S/C8H6ClN2O2/c9-6-4-2-1-3-5(6)7(12)11-8(10)13/h1-4,10H,(H,11,12,13). The minimum Gasteiger partial charge on any atom is -0.273 e. The fourth-order valence-electron chi connectivity index (χ4n) is 0.816. The van der Waals surface area contributed by atoms with Gasteiger partial charge in [-0.3, -0.25) is 10.1 Å². The number of carbonyl (C=O) groups excluding carboxylic acids is 2. The number of urea groups is 1. The molecule has 67 valence electrons. The molecule has 0 aliphatic rings. The molecule has 0 heterocycles. The lowest BCUT2D eigenvalue weighted by molar-refractivity contribution is 0.0966. The van der Waals surface area contributed by atoms with Crippen LogP contribution in [0.5, 0.6) is 0 Å². The normalized spacial score (nSPS) is 9.31. The Hall–Kier alpha value is -1.55. The van der Waals surface area contributed by atoms with Crippen molar-refractivity contribution in [1.82, 2.24) is 11.1 Å². The van der Waals surface area contributed by atoms with Crippen molar-refractivity contribution in [2.24, 2.45) is 0 Å². The van der Waals surface area contributed by atoms with Gasteiger partial charge < -0.3 is 0 Å². The Labute approximate surface area is 79.7 Å². The zero-order chi connectivity index (χ0) is 9.84. The number of halogens is 1. The van der Waals surface area contributed by atoms with Crippen LogP contribution in [0.25, 0.3) is 0 Å². The summed E-state index contributed by atoms with van der Waals surface area (Å²) in [5.74, 6) is -0.661. The van der Waals surface area contributed by atoms with Crippen molar-refractivity contribution in [3.63, 3.8) is 0 Å². The number of nitrogens with one attached hydrogen (secondary N) is 2. The first kappa shape index (κ1) is 9.54. The second-order valence-corrected chi connectivity index (χ2v) is 2.67. The lowest BCUT2D eigenvalue weighted by Gasteiger charge is -2.01. The van der Waals surface area contributed by atoms with E-state index >= 15 is 0 Å². The molecule has 0 spiro atoms. The van der Waals surface area contributed by atoms with E-state index in [0.717, 1.165) is 0 Å². The Bertz CT molecular complexity index is 352. The van der Waals surface area contributed by atoms with Crippen LogP contribution in [0, 0.1) is 0 Å². The van der Waals surface area contributed by atoms with Crippen molar-refractivity contribution >= 4 is 23.5 Å². The SMILES string of the molecule is [NH]C(=O)NC(=O)c1ccccc1Cl. The highest BCUT2D eigenvalue weighted by atomic mass is 35.5. The first-order valence-corrected chi connectivity index (χ1v) is 3.80. The van der Waals surface area contributed by atoms with Crippen LogP contribution < -0.4 is 11.1 Å². The second kappa shape index (κ2) is 3.91. The zero-order valence-electron chi connectivity index (χ0n) is 6.50. The van der Waals surface area contributed by atoms with E-state index in [1.165, 1.54) is 12.1 Å². The summed E-state index contributed by atoms with van der Waals surface area (Å²) in [7, 11) is 0. The highest BCUT2D eigenvalue weighted by Gasteiger charge is 2.10. The maximum atomic E-state index is 11.1. The molecule has 5 heteroatoms. The van der Waals surface area contributed by atoms with Crippen LogP contribution >= 0.6 is 11.6 Å². The summed E-state index contributed by atoms with van der Waals surface area (Å²) in [5, 5.41) is 2.06. The van der Waals surface area contributed by atoms with Gasteiger partial charge in [-0.15, -0.1) is 0 Å². The van der Waals surface area contributed by atoms with Crippen LogP contribution in [0.2, 0.25) is 5.02 Å². The first-order valence-electron chi connectivity index (χ1n) is 3.42. The van der Waals surface area contributed by atoms with Crippen molar-refractivity contribution in [3.05, 3.63) is 34.9 Å². The van der Waals surface area contributed by atoms with Crippen LogP contribution in [0.1, 0.15) is 10.4 Å². The van der Waals surface area contributed by atoms with Gasteiger partial charge >= 0.3 is 6.03 Å². The van der Waals surface area contributed by atoms with Gasteiger partial charge in [-0.2, -0.15) is 0 Å². The van der Waals surface area contributed by atoms with E-state index in [4.69, 9.17) is 17.3 Å². The molecule has 0 fully saturated rings. The number of carbonyl (C=O) groups is 2. The Morgan fingerprint density at radius 1 is 1.31 bits per heavy atom. The third kappa shape index (κ3) is 2.45. The molecule has 2 N–H and O–H groups in total. The summed E-state index contributed by atoms with van der Waals surface area (Å²) >= 11 is 5.67. The molecule has 4 nitrogen and oxygen atoms in total. The maximum absolute atomic E-state index is 11.1. The summed E-state index contributed by atoms with van der Waals surface area (Å²) in [4.78, 5) is 21.4. The maximum Gasteiger partial charge on any atom is 0.340 e. The number of hydrogen-bond acceptors (Lipinski definition) is 2. The molecule has 0 unspecified atom stereocenters. The number of imide groups is 1. The highest BCUT2D eigenvalue weighted by Crippen LogP contribution is 2.14. The van der Waals surface area contributed by atoms with Gasteiger partial charge in [-0.25, -0.2) is 10.5 Å². The Kier molecular flexibility index (Phi) is 2.87. The lowest BCUT2D eigenvalue weighted by atomic mass is 10.2. The van der Waals surface area contributed by atoms with E-state index in [1.807, 2.05) is 0 Å². The minimum absolute atomic E-state index is 0.185. The van der Waals surface area contributed by atoms with E-state index in [9.17, 15) is 9.59 Å². The molecule has 1 aromatic rings. The summed E-state index contributed by atoms with van der Waals surface area (Å²) in [6.07, 6.45) is 0. The fourth-order valence-corrected chi connectivity index (χ4v) is 1.04. The minimum atomic E-state index is -1.15. The molecule has 3 amide bonds. The second-order valence-electron chi connectivity index (χ2n) is 2.26. The molecular weight excluding hydrogens is 192 g/mol. The molecular formula is C8H6ClN2O2. The van der Waals surface area contributed by atoms with Crippen molar-refractivity contribution in [3.8, 4) is 0 Å². The number of amides is 3. The van der Waals surface area contributed by atoms with Gasteiger partial charge in [-0.1, -0.05) is 23.7 Å². The molecule has 0 saturated heterocycles. The number of hydrogen-bond donors (Lipinski definition) is 1. The van der Waals surface area contributed by atoms with Gasteiger partial charge in [0.2, 0.25) is 0 Å². The van der Waals surface area contributed by atoms with E-state index in [0.29, 0.717) is 0 Å². The largest absolute Gasteiger partial charge is 0.340 e. The Morgan fingerprint density at radius 3 is 2.46 bits per heavy atom. The van der Waals surface area contributed by atoms with Crippen molar-refractivity contribution < 1.29 is 9.59 Å². The monoisotopic (exact) mass is 197 g/mol. The van der Waals surface area contributed by atoms with Crippen LogP contribution in [0.15, 0.2) is 24.3 Å². The number of rotatable bonds is 1. The summed E-state index contributed by atoms with van der Waals surface area (Å²) in [5.41, 5.74) is 6.70. The molecule has 1 radical (unpaired) electrons. The van der Waals surface area contributed by atoms with E-state index in [1.54, 1.807) is 17.4 Å². The average Bonchev–Trinajstić information content (AvgIpc) is 2.03. The molecule has 0 aromatic heterocycles. The van der Waals surface area contributed by atoms with Gasteiger partial charge in [0.1, 0.15) is 0 Å². The van der Waals surface area contributed by atoms with Crippen LogP contribution in [-0.4, -0.2) is 11.9 Å². The van der Waals surface area contributed by atoms with Gasteiger partial charge in [0.15, 0.2) is 0 Å². The van der Waals surface area contributed by atoms with E-state index in [-0.39, 0.29) is 10.6 Å². The van der Waals surface area contributed by atoms with Crippen LogP contribution in [0.4, 0.5) is 4.79 Å². The molecule has 1 aromatic carbocycles. The molecule has 1 rings (SSSR count). The van der Waals surface area contributed by atoms with E-state index < -0.39 is 11.9 Å². The summed E-state index contributed by atoms with van der Waals surface area (Å²) in [6.45, 7) is 0. The molecule has 13 heavy (non-hydrogen) atoms. The van der Waals surface area contributed by atoms with Crippen LogP contribution in [0.3, 0.4) is 0 Å². The average molecular weight is 198 g/mol. The zero-order valence-corrected chi connectivity index (χ0v) is 7.26. The van der Waals surface area contributed by atoms with Gasteiger partial charge in [0.25, 0.3) is 5.91 Å². The van der Waals surface area contributed by atoms with E-state index in [2.05, 4.69) is 0 Å². The summed E-state index contributed by atoms with van der Waals surface area (Å²) < 4.78 is 0. The highest BCUT2D eigenvalue weighted by molar-refractivity contribution is 6.34.